The predicted molar refractivity (Wildman–Crippen MR) is 123 cm³/mol. The molecule has 2 aromatic carbocycles. The average molecular weight is 429 g/mol. The minimum absolute atomic E-state index is 0.194. The SMILES string of the molecule is Cc1ccc(N/N=C(\C#N)c2nc(-c3cccs3)c(N=Nc3ccccc3)s2)cc1. The minimum atomic E-state index is 0.194. The van der Waals surface area contributed by atoms with Crippen molar-refractivity contribution in [1.82, 2.24) is 4.98 Å². The molecule has 6 nitrogen and oxygen atoms in total. The summed E-state index contributed by atoms with van der Waals surface area (Å²) in [5.74, 6) is 0. The highest BCUT2D eigenvalue weighted by Gasteiger charge is 2.18. The number of thiophene rings is 1. The first kappa shape index (κ1) is 19.6. The molecule has 2 heterocycles. The summed E-state index contributed by atoms with van der Waals surface area (Å²) >= 11 is 2.85. The van der Waals surface area contributed by atoms with Gasteiger partial charge in [0.05, 0.1) is 16.3 Å². The molecule has 0 bridgehead atoms. The van der Waals surface area contributed by atoms with E-state index in [0.717, 1.165) is 21.8 Å². The van der Waals surface area contributed by atoms with Gasteiger partial charge >= 0.3 is 0 Å². The summed E-state index contributed by atoms with van der Waals surface area (Å²) in [7, 11) is 0. The van der Waals surface area contributed by atoms with Crippen molar-refractivity contribution in [2.45, 2.75) is 6.92 Å². The van der Waals surface area contributed by atoms with Crippen molar-refractivity contribution in [3.63, 3.8) is 0 Å². The molecular weight excluding hydrogens is 412 g/mol. The van der Waals surface area contributed by atoms with Gasteiger partial charge in [0.1, 0.15) is 11.8 Å². The Morgan fingerprint density at radius 3 is 2.50 bits per heavy atom. The number of thiazole rings is 1. The quantitative estimate of drug-likeness (QED) is 0.205. The van der Waals surface area contributed by atoms with Crippen LogP contribution in [0.4, 0.5) is 16.4 Å². The smallest absolute Gasteiger partial charge is 0.196 e. The summed E-state index contributed by atoms with van der Waals surface area (Å²) < 4.78 is 0. The Kier molecular flexibility index (Phi) is 6.03. The number of aryl methyl sites for hydroxylation is 1. The summed E-state index contributed by atoms with van der Waals surface area (Å²) in [4.78, 5) is 5.61. The van der Waals surface area contributed by atoms with Crippen molar-refractivity contribution >= 4 is 44.8 Å². The first-order valence-corrected chi connectivity index (χ1v) is 10.7. The first-order chi connectivity index (χ1) is 14.7. The molecule has 0 atom stereocenters. The number of hydrogen-bond acceptors (Lipinski definition) is 8. The normalized spacial score (nSPS) is 11.5. The zero-order valence-corrected chi connectivity index (χ0v) is 17.6. The Morgan fingerprint density at radius 1 is 1.00 bits per heavy atom. The second-order valence-corrected chi connectivity index (χ2v) is 8.16. The Morgan fingerprint density at radius 2 is 1.80 bits per heavy atom. The van der Waals surface area contributed by atoms with Gasteiger partial charge in [-0.1, -0.05) is 53.3 Å². The molecule has 0 spiro atoms. The van der Waals surface area contributed by atoms with E-state index in [2.05, 4.69) is 31.8 Å². The van der Waals surface area contributed by atoms with E-state index >= 15 is 0 Å². The van der Waals surface area contributed by atoms with Gasteiger partial charge in [0, 0.05) is 0 Å². The number of hydrazone groups is 1. The van der Waals surface area contributed by atoms with Crippen molar-refractivity contribution in [3.05, 3.63) is 82.7 Å². The zero-order chi connectivity index (χ0) is 20.8. The maximum absolute atomic E-state index is 9.63. The number of nitrogens with one attached hydrogen (secondary N) is 1. The Balaban J connectivity index is 1.67. The summed E-state index contributed by atoms with van der Waals surface area (Å²) in [6.45, 7) is 2.01. The summed E-state index contributed by atoms with van der Waals surface area (Å²) in [6.07, 6.45) is 0. The highest BCUT2D eigenvalue weighted by Crippen LogP contribution is 2.38. The Labute approximate surface area is 181 Å². The van der Waals surface area contributed by atoms with Crippen LogP contribution in [0, 0.1) is 18.3 Å². The van der Waals surface area contributed by atoms with Gasteiger partial charge in [0.25, 0.3) is 0 Å². The number of anilines is 1. The monoisotopic (exact) mass is 428 g/mol. The molecule has 4 aromatic rings. The number of nitrogens with zero attached hydrogens (tertiary/aromatic N) is 5. The number of rotatable bonds is 6. The summed E-state index contributed by atoms with van der Waals surface area (Å²) in [5.41, 5.74) is 6.51. The van der Waals surface area contributed by atoms with Crippen LogP contribution >= 0.6 is 22.7 Å². The molecule has 0 radical (unpaired) electrons. The van der Waals surface area contributed by atoms with Crippen molar-refractivity contribution in [2.24, 2.45) is 15.3 Å². The van der Waals surface area contributed by atoms with Crippen LogP contribution in [0.1, 0.15) is 10.6 Å². The molecule has 8 heteroatoms. The molecule has 0 amide bonds. The van der Waals surface area contributed by atoms with E-state index in [4.69, 9.17) is 0 Å². The lowest BCUT2D eigenvalue weighted by molar-refractivity contribution is 1.24. The van der Waals surface area contributed by atoms with Gasteiger partial charge < -0.3 is 0 Å². The van der Waals surface area contributed by atoms with Crippen LogP contribution in [0.15, 0.2) is 87.4 Å². The van der Waals surface area contributed by atoms with Gasteiger partial charge in [0.15, 0.2) is 15.7 Å². The molecule has 146 valence electrons. The van der Waals surface area contributed by atoms with Gasteiger partial charge in [-0.2, -0.15) is 10.4 Å². The Hall–Kier alpha value is -3.67. The fourth-order valence-electron chi connectivity index (χ4n) is 2.52. The molecule has 0 aliphatic heterocycles. The van der Waals surface area contributed by atoms with Crippen molar-refractivity contribution in [1.29, 1.82) is 5.26 Å². The summed E-state index contributed by atoms with van der Waals surface area (Å²) in [6, 6.07) is 23.3. The predicted octanol–water partition coefficient (Wildman–Crippen LogP) is 6.94. The van der Waals surface area contributed by atoms with E-state index in [1.54, 1.807) is 11.3 Å². The molecular formula is C22H16N6S2. The lowest BCUT2D eigenvalue weighted by Crippen LogP contribution is -2.01. The second kappa shape index (κ2) is 9.22. The molecule has 0 fully saturated rings. The highest BCUT2D eigenvalue weighted by atomic mass is 32.1. The molecule has 0 saturated carbocycles. The maximum Gasteiger partial charge on any atom is 0.196 e. The standard InChI is InChI=1S/C22H16N6S2/c1-15-9-11-17(12-10-15)25-27-18(14-23)21-24-20(19-8-5-13-29-19)22(30-21)28-26-16-6-3-2-4-7-16/h2-13,25H,1H3/b27-18+,28-26?. The maximum atomic E-state index is 9.63. The molecule has 0 unspecified atom stereocenters. The van der Waals surface area contributed by atoms with Crippen molar-refractivity contribution < 1.29 is 0 Å². The van der Waals surface area contributed by atoms with Gasteiger partial charge in [-0.05, 0) is 42.6 Å². The van der Waals surface area contributed by atoms with Gasteiger partial charge in [0.2, 0.25) is 0 Å². The lowest BCUT2D eigenvalue weighted by Gasteiger charge is -2.00. The topological polar surface area (TPSA) is 85.8 Å². The molecule has 0 saturated heterocycles. The van der Waals surface area contributed by atoms with E-state index in [0.29, 0.717) is 15.7 Å². The van der Waals surface area contributed by atoms with E-state index < -0.39 is 0 Å². The molecule has 1 N–H and O–H groups in total. The number of benzene rings is 2. The third kappa shape index (κ3) is 4.66. The van der Waals surface area contributed by atoms with Crippen LogP contribution in [0.25, 0.3) is 10.6 Å². The fourth-order valence-corrected chi connectivity index (χ4v) is 4.14. The first-order valence-electron chi connectivity index (χ1n) is 9.05. The van der Waals surface area contributed by atoms with Crippen LogP contribution < -0.4 is 5.43 Å². The Bertz CT molecular complexity index is 1220. The number of aromatic nitrogens is 1. The van der Waals surface area contributed by atoms with Crippen molar-refractivity contribution in [2.75, 3.05) is 5.43 Å². The third-order valence-electron chi connectivity index (χ3n) is 4.03. The highest BCUT2D eigenvalue weighted by molar-refractivity contribution is 7.19. The number of azo groups is 1. The van der Waals surface area contributed by atoms with E-state index in [1.165, 1.54) is 11.3 Å². The molecule has 4 rings (SSSR count). The van der Waals surface area contributed by atoms with Gasteiger partial charge in [-0.3, -0.25) is 5.43 Å². The van der Waals surface area contributed by atoms with E-state index in [-0.39, 0.29) is 5.71 Å². The van der Waals surface area contributed by atoms with Crippen LogP contribution in [0.3, 0.4) is 0 Å². The van der Waals surface area contributed by atoms with E-state index in [9.17, 15) is 5.26 Å². The molecule has 2 aromatic heterocycles. The van der Waals surface area contributed by atoms with Crippen LogP contribution in [-0.2, 0) is 0 Å². The van der Waals surface area contributed by atoms with Crippen molar-refractivity contribution in [3.8, 4) is 16.6 Å². The van der Waals surface area contributed by atoms with Gasteiger partial charge in [-0.25, -0.2) is 4.98 Å². The van der Waals surface area contributed by atoms with Crippen LogP contribution in [-0.4, -0.2) is 10.7 Å². The van der Waals surface area contributed by atoms with Gasteiger partial charge in [-0.15, -0.1) is 21.6 Å². The molecule has 0 aliphatic rings. The lowest BCUT2D eigenvalue weighted by atomic mass is 10.2. The minimum Gasteiger partial charge on any atom is -0.277 e. The third-order valence-corrected chi connectivity index (χ3v) is 5.86. The molecule has 0 aliphatic carbocycles. The zero-order valence-electron chi connectivity index (χ0n) is 16.0. The largest absolute Gasteiger partial charge is 0.277 e. The van der Waals surface area contributed by atoms with Crippen LogP contribution in [0.5, 0.6) is 0 Å². The van der Waals surface area contributed by atoms with Crippen LogP contribution in [0.2, 0.25) is 0 Å². The number of hydrogen-bond donors (Lipinski definition) is 1. The van der Waals surface area contributed by atoms with E-state index in [1.807, 2.05) is 79.0 Å². The fraction of sp³-hybridized carbons (Fsp3) is 0.0455. The average Bonchev–Trinajstić information content (AvgIpc) is 3.45. The second-order valence-electron chi connectivity index (χ2n) is 6.24. The summed E-state index contributed by atoms with van der Waals surface area (Å²) in [5, 5.41) is 25.7. The number of nitriles is 1. The molecule has 30 heavy (non-hydrogen) atoms.